The molecule has 0 bridgehead atoms. The third-order valence-corrected chi connectivity index (χ3v) is 5.43. The van der Waals surface area contributed by atoms with E-state index in [0.717, 1.165) is 19.3 Å². The van der Waals surface area contributed by atoms with Crippen molar-refractivity contribution in [2.24, 2.45) is 0 Å². The van der Waals surface area contributed by atoms with Crippen molar-refractivity contribution in [3.63, 3.8) is 0 Å². The van der Waals surface area contributed by atoms with Crippen LogP contribution < -0.4 is 11.2 Å². The highest BCUT2D eigenvalue weighted by Gasteiger charge is 2.44. The topological polar surface area (TPSA) is 131 Å². The number of carbonyl (C=O) groups excluding carboxylic acids is 1. The number of aliphatic hydroxyl groups excluding tert-OH is 2. The molecule has 1 aliphatic rings. The number of aliphatic hydroxyl groups is 2. The zero-order chi connectivity index (χ0) is 22.8. The largest absolute Gasteiger partial charge is 0.463 e. The average Bonchev–Trinajstić information content (AvgIpc) is 3.02. The lowest BCUT2D eigenvalue weighted by Gasteiger charge is -2.16. The van der Waals surface area contributed by atoms with Crippen molar-refractivity contribution in [1.29, 1.82) is 0 Å². The number of hydrogen-bond donors (Lipinski definition) is 3. The maximum Gasteiger partial charge on any atom is 0.330 e. The molecule has 31 heavy (non-hydrogen) atoms. The van der Waals surface area contributed by atoms with Crippen LogP contribution in [-0.4, -0.2) is 50.7 Å². The van der Waals surface area contributed by atoms with E-state index in [2.05, 4.69) is 6.92 Å². The fraction of sp³-hybridized carbons (Fsp3) is 0.762. The molecular weight excluding hydrogens is 411 g/mol. The van der Waals surface area contributed by atoms with Gasteiger partial charge in [-0.25, -0.2) is 4.79 Å². The van der Waals surface area contributed by atoms with E-state index < -0.39 is 47.6 Å². The molecule has 0 radical (unpaired) electrons. The maximum absolute atomic E-state index is 13.5. The van der Waals surface area contributed by atoms with Crippen LogP contribution in [-0.2, 0) is 14.3 Å². The number of nitrogens with one attached hydrogen (secondary N) is 1. The number of aromatic amines is 1. The number of ether oxygens (including phenoxy) is 2. The van der Waals surface area contributed by atoms with E-state index in [-0.39, 0.29) is 13.0 Å². The third kappa shape index (κ3) is 7.55. The molecule has 0 aliphatic carbocycles. The zero-order valence-electron chi connectivity index (χ0n) is 17.9. The van der Waals surface area contributed by atoms with E-state index >= 15 is 0 Å². The first-order chi connectivity index (χ1) is 14.8. The van der Waals surface area contributed by atoms with Gasteiger partial charge >= 0.3 is 11.7 Å². The number of rotatable bonds is 13. The summed E-state index contributed by atoms with van der Waals surface area (Å²) >= 11 is 0. The van der Waals surface area contributed by atoms with Crippen LogP contribution in [0.4, 0.5) is 4.39 Å². The molecule has 9 nitrogen and oxygen atoms in total. The standard InChI is InChI=1S/C21H33FN2O7/c1-2-3-4-5-6-7-8-9-10-11-16(25)30-13-15-17(26)18(27)20(31-15)24-12-14(22)19(28)23-21(24)29/h12,15,17-18,20,26-27H,2-11,13H2,1H3,(H,23,28,29)/t15-,17-,18-,20-/m1/s1. The Balaban J connectivity index is 1.70. The van der Waals surface area contributed by atoms with Crippen molar-refractivity contribution in [2.75, 3.05) is 6.61 Å². The monoisotopic (exact) mass is 444 g/mol. The Morgan fingerprint density at radius 3 is 2.35 bits per heavy atom. The van der Waals surface area contributed by atoms with Gasteiger partial charge in [0, 0.05) is 6.42 Å². The number of H-pyrrole nitrogens is 1. The first kappa shape index (κ1) is 25.2. The number of nitrogens with zero attached hydrogens (tertiary/aromatic N) is 1. The molecule has 2 rings (SSSR count). The molecule has 10 heteroatoms. The summed E-state index contributed by atoms with van der Waals surface area (Å²) in [5, 5.41) is 20.3. The summed E-state index contributed by atoms with van der Waals surface area (Å²) in [4.78, 5) is 36.7. The lowest BCUT2D eigenvalue weighted by molar-refractivity contribution is -0.150. The molecule has 0 unspecified atom stereocenters. The molecule has 1 aromatic rings. The van der Waals surface area contributed by atoms with Gasteiger partial charge in [-0.1, -0.05) is 58.3 Å². The van der Waals surface area contributed by atoms with Crippen molar-refractivity contribution in [1.82, 2.24) is 9.55 Å². The van der Waals surface area contributed by atoms with E-state index in [1.54, 1.807) is 4.98 Å². The molecule has 176 valence electrons. The Labute approximate surface area is 180 Å². The number of aromatic nitrogens is 2. The Morgan fingerprint density at radius 2 is 1.71 bits per heavy atom. The number of esters is 1. The van der Waals surface area contributed by atoms with Gasteiger partial charge in [-0.3, -0.25) is 19.1 Å². The minimum Gasteiger partial charge on any atom is -0.463 e. The van der Waals surface area contributed by atoms with Gasteiger partial charge < -0.3 is 19.7 Å². The molecule has 1 aliphatic heterocycles. The highest BCUT2D eigenvalue weighted by Crippen LogP contribution is 2.28. The highest BCUT2D eigenvalue weighted by molar-refractivity contribution is 5.69. The molecule has 1 aromatic heterocycles. The second-order valence-corrected chi connectivity index (χ2v) is 7.95. The average molecular weight is 445 g/mol. The van der Waals surface area contributed by atoms with Gasteiger partial charge in [0.1, 0.15) is 24.9 Å². The summed E-state index contributed by atoms with van der Waals surface area (Å²) < 4.78 is 24.6. The SMILES string of the molecule is CCCCCCCCCCCC(=O)OC[C@H]1O[C@@H](n2cc(F)c(=O)[nH]c2=O)[C@H](O)[C@@H]1O. The van der Waals surface area contributed by atoms with Crippen LogP contribution >= 0.6 is 0 Å². The van der Waals surface area contributed by atoms with Crippen LogP contribution in [0.2, 0.25) is 0 Å². The number of carbonyl (C=O) groups is 1. The number of halogens is 1. The summed E-state index contributed by atoms with van der Waals surface area (Å²) in [6.45, 7) is 1.87. The van der Waals surface area contributed by atoms with E-state index in [1.807, 2.05) is 0 Å². The quantitative estimate of drug-likeness (QED) is 0.312. The summed E-state index contributed by atoms with van der Waals surface area (Å²) in [7, 11) is 0. The molecule has 0 spiro atoms. The van der Waals surface area contributed by atoms with Gasteiger partial charge in [-0.05, 0) is 6.42 Å². The van der Waals surface area contributed by atoms with Crippen LogP contribution in [0.15, 0.2) is 15.8 Å². The van der Waals surface area contributed by atoms with Crippen molar-refractivity contribution in [3.05, 3.63) is 32.9 Å². The van der Waals surface area contributed by atoms with Crippen molar-refractivity contribution in [3.8, 4) is 0 Å². The summed E-state index contributed by atoms with van der Waals surface area (Å²) in [5.41, 5.74) is -2.19. The maximum atomic E-state index is 13.5. The Kier molecular flexibility index (Phi) is 10.4. The third-order valence-electron chi connectivity index (χ3n) is 5.43. The molecular formula is C21H33FN2O7. The van der Waals surface area contributed by atoms with Gasteiger partial charge in [0.05, 0.1) is 6.20 Å². The Hall–Kier alpha value is -2.04. The predicted octanol–water partition coefficient (Wildman–Crippen LogP) is 1.76. The van der Waals surface area contributed by atoms with E-state index in [0.29, 0.717) is 17.2 Å². The van der Waals surface area contributed by atoms with Crippen LogP contribution in [0.1, 0.15) is 77.4 Å². The lowest BCUT2D eigenvalue weighted by Crippen LogP contribution is -2.38. The van der Waals surface area contributed by atoms with Crippen molar-refractivity contribution >= 4 is 5.97 Å². The zero-order valence-corrected chi connectivity index (χ0v) is 17.9. The number of unbranched alkanes of at least 4 members (excludes halogenated alkanes) is 8. The summed E-state index contributed by atoms with van der Waals surface area (Å²) in [6.07, 6.45) is 5.45. The minimum atomic E-state index is -1.57. The van der Waals surface area contributed by atoms with Crippen LogP contribution in [0.25, 0.3) is 0 Å². The van der Waals surface area contributed by atoms with Crippen molar-refractivity contribution in [2.45, 2.75) is 95.7 Å². The summed E-state index contributed by atoms with van der Waals surface area (Å²) in [5.74, 6) is -1.68. The molecule has 0 saturated carbocycles. The van der Waals surface area contributed by atoms with E-state index in [9.17, 15) is 29.0 Å². The molecule has 0 amide bonds. The smallest absolute Gasteiger partial charge is 0.330 e. The Morgan fingerprint density at radius 1 is 1.10 bits per heavy atom. The van der Waals surface area contributed by atoms with E-state index in [1.165, 1.54) is 32.1 Å². The van der Waals surface area contributed by atoms with Gasteiger partial charge in [-0.2, -0.15) is 4.39 Å². The molecule has 0 aromatic carbocycles. The second kappa shape index (κ2) is 12.7. The van der Waals surface area contributed by atoms with Gasteiger partial charge in [-0.15, -0.1) is 0 Å². The van der Waals surface area contributed by atoms with Gasteiger partial charge in [0.15, 0.2) is 6.23 Å². The molecule has 1 saturated heterocycles. The van der Waals surface area contributed by atoms with Crippen molar-refractivity contribution < 1.29 is 28.9 Å². The molecule has 1 fully saturated rings. The highest BCUT2D eigenvalue weighted by atomic mass is 19.1. The first-order valence-corrected chi connectivity index (χ1v) is 11.0. The molecule has 2 heterocycles. The Bertz CT molecular complexity index is 810. The predicted molar refractivity (Wildman–Crippen MR) is 110 cm³/mol. The molecule has 3 N–H and O–H groups in total. The normalized spacial score (nSPS) is 23.2. The minimum absolute atomic E-state index is 0.245. The van der Waals surface area contributed by atoms with Crippen LogP contribution in [0.3, 0.4) is 0 Å². The second-order valence-electron chi connectivity index (χ2n) is 7.95. The lowest BCUT2D eigenvalue weighted by atomic mass is 10.1. The molecule has 4 atom stereocenters. The van der Waals surface area contributed by atoms with Gasteiger partial charge in [0.2, 0.25) is 5.82 Å². The van der Waals surface area contributed by atoms with Crippen LogP contribution in [0, 0.1) is 5.82 Å². The van der Waals surface area contributed by atoms with Crippen LogP contribution in [0.5, 0.6) is 0 Å². The first-order valence-electron chi connectivity index (χ1n) is 11.0. The number of hydrogen-bond acceptors (Lipinski definition) is 7. The fourth-order valence-corrected chi connectivity index (χ4v) is 3.57. The fourth-order valence-electron chi connectivity index (χ4n) is 3.57. The van der Waals surface area contributed by atoms with E-state index in [4.69, 9.17) is 9.47 Å². The van der Waals surface area contributed by atoms with Gasteiger partial charge in [0.25, 0.3) is 5.56 Å². The summed E-state index contributed by atoms with van der Waals surface area (Å²) in [6, 6.07) is 0.